The van der Waals surface area contributed by atoms with E-state index in [0.29, 0.717) is 40.1 Å². The molecule has 1 aliphatic heterocycles. The molecule has 1 aromatic carbocycles. The van der Waals surface area contributed by atoms with Gasteiger partial charge in [0.15, 0.2) is 10.8 Å². The molecule has 164 valence electrons. The molecule has 0 unspecified atom stereocenters. The van der Waals surface area contributed by atoms with Crippen LogP contribution in [0.15, 0.2) is 24.4 Å². The highest BCUT2D eigenvalue weighted by molar-refractivity contribution is 6.36. The van der Waals surface area contributed by atoms with Crippen molar-refractivity contribution in [3.05, 3.63) is 56.8 Å². The molecule has 1 amide bonds. The van der Waals surface area contributed by atoms with Crippen molar-refractivity contribution in [3.63, 3.8) is 0 Å². The maximum atomic E-state index is 13.4. The summed E-state index contributed by atoms with van der Waals surface area (Å²) in [6.45, 7) is 2.99. The molecule has 2 atom stereocenters. The van der Waals surface area contributed by atoms with Gasteiger partial charge in [0.2, 0.25) is 5.91 Å². The Morgan fingerprint density at radius 3 is 2.84 bits per heavy atom. The number of hydrogen-bond donors (Lipinski definition) is 1. The minimum atomic E-state index is -1.55. The van der Waals surface area contributed by atoms with Crippen molar-refractivity contribution in [2.24, 2.45) is 7.05 Å². The molecule has 0 bridgehead atoms. The summed E-state index contributed by atoms with van der Waals surface area (Å²) >= 11 is 12.7. The number of aryl methyl sites for hydroxylation is 1. The largest absolute Gasteiger partial charge is 0.383 e. The number of carbonyl (C=O) groups is 1. The first kappa shape index (κ1) is 22.0. The molecule has 6 nitrogen and oxygen atoms in total. The van der Waals surface area contributed by atoms with Crippen LogP contribution in [0.4, 0.5) is 4.39 Å². The summed E-state index contributed by atoms with van der Waals surface area (Å²) < 4.78 is 15.0. The van der Waals surface area contributed by atoms with Gasteiger partial charge in [-0.1, -0.05) is 41.4 Å². The van der Waals surface area contributed by atoms with Crippen LogP contribution in [-0.2, 0) is 30.3 Å². The second kappa shape index (κ2) is 8.04. The van der Waals surface area contributed by atoms with Gasteiger partial charge in [-0.2, -0.15) is 5.10 Å². The molecule has 1 N–H and O–H groups in total. The first-order valence-electron chi connectivity index (χ1n) is 10.0. The molecular weight excluding hydrogens is 442 g/mol. The summed E-state index contributed by atoms with van der Waals surface area (Å²) in [5.41, 5.74) is 2.00. The van der Waals surface area contributed by atoms with Crippen molar-refractivity contribution in [2.75, 3.05) is 13.2 Å². The lowest BCUT2D eigenvalue weighted by Gasteiger charge is -2.38. The molecule has 0 radical (unpaired) electrons. The maximum absolute atomic E-state index is 13.4. The highest BCUT2D eigenvalue weighted by atomic mass is 35.5. The second-order valence-corrected chi connectivity index (χ2v) is 8.93. The van der Waals surface area contributed by atoms with Gasteiger partial charge >= 0.3 is 0 Å². The van der Waals surface area contributed by atoms with Gasteiger partial charge in [-0.05, 0) is 42.5 Å². The maximum Gasteiger partial charge on any atom is 0.227 e. The number of nitrogens with zero attached hydrogens (tertiary/aromatic N) is 4. The molecule has 0 fully saturated rings. The number of amides is 1. The zero-order valence-corrected chi connectivity index (χ0v) is 19.0. The SMILES string of the molecule is C[C@H]1c2cccc([C@](C)(O)CF)c2CCN1C(=O)Cc1c(Cl)cnc2c1c(Cl)nn2C. The zero-order valence-electron chi connectivity index (χ0n) is 17.5. The van der Waals surface area contributed by atoms with Gasteiger partial charge in [-0.3, -0.25) is 4.79 Å². The summed E-state index contributed by atoms with van der Waals surface area (Å²) in [5.74, 6) is -0.102. The molecule has 0 saturated heterocycles. The highest BCUT2D eigenvalue weighted by Crippen LogP contribution is 2.37. The first-order valence-corrected chi connectivity index (χ1v) is 10.8. The van der Waals surface area contributed by atoms with Gasteiger partial charge in [-0.25, -0.2) is 14.1 Å². The van der Waals surface area contributed by atoms with Gasteiger partial charge in [0.25, 0.3) is 0 Å². The van der Waals surface area contributed by atoms with E-state index in [2.05, 4.69) is 10.1 Å². The van der Waals surface area contributed by atoms with E-state index in [1.165, 1.54) is 13.1 Å². The van der Waals surface area contributed by atoms with Gasteiger partial charge in [0.05, 0.1) is 22.9 Å². The Labute approximate surface area is 189 Å². The fraction of sp³-hybridized carbons (Fsp3) is 0.409. The molecule has 3 aromatic rings. The van der Waals surface area contributed by atoms with Crippen molar-refractivity contribution in [1.82, 2.24) is 19.7 Å². The van der Waals surface area contributed by atoms with Crippen LogP contribution in [0.5, 0.6) is 0 Å². The van der Waals surface area contributed by atoms with Crippen molar-refractivity contribution in [2.45, 2.75) is 38.3 Å². The Morgan fingerprint density at radius 1 is 1.39 bits per heavy atom. The summed E-state index contributed by atoms with van der Waals surface area (Å²) in [6.07, 6.45) is 2.10. The van der Waals surface area contributed by atoms with Crippen molar-refractivity contribution in [3.8, 4) is 0 Å². The standard InChI is InChI=1S/C22H23Cl2FN4O2/c1-12-13-5-4-6-16(22(2,31)11-25)14(13)7-8-29(12)18(30)9-15-17(23)10-26-21-19(15)20(24)27-28(21)3/h4-6,10,12,31H,7-9,11H2,1-3H3/t12-,22+/m0/s1. The summed E-state index contributed by atoms with van der Waals surface area (Å²) in [7, 11) is 1.73. The molecule has 4 rings (SSSR count). The number of halogens is 3. The number of pyridine rings is 1. The van der Waals surface area contributed by atoms with Crippen LogP contribution in [0.2, 0.25) is 10.2 Å². The van der Waals surface area contributed by atoms with Crippen LogP contribution < -0.4 is 0 Å². The van der Waals surface area contributed by atoms with Crippen LogP contribution in [0.3, 0.4) is 0 Å². The second-order valence-electron chi connectivity index (χ2n) is 8.17. The Balaban J connectivity index is 1.66. The number of benzene rings is 1. The van der Waals surface area contributed by atoms with Crippen LogP contribution in [0.25, 0.3) is 11.0 Å². The van der Waals surface area contributed by atoms with Gasteiger partial charge in [-0.15, -0.1) is 0 Å². The number of carbonyl (C=O) groups excluding carboxylic acids is 1. The predicted molar refractivity (Wildman–Crippen MR) is 118 cm³/mol. The predicted octanol–water partition coefficient (Wildman–Crippen LogP) is 4.14. The number of alkyl halides is 1. The van der Waals surface area contributed by atoms with E-state index in [0.717, 1.165) is 11.1 Å². The Morgan fingerprint density at radius 2 is 2.13 bits per heavy atom. The van der Waals surface area contributed by atoms with Crippen molar-refractivity contribution >= 4 is 40.1 Å². The third-order valence-electron chi connectivity index (χ3n) is 6.09. The minimum Gasteiger partial charge on any atom is -0.383 e. The molecule has 9 heteroatoms. The molecule has 0 saturated carbocycles. The lowest BCUT2D eigenvalue weighted by molar-refractivity contribution is -0.133. The number of hydrogen-bond acceptors (Lipinski definition) is 4. The molecule has 31 heavy (non-hydrogen) atoms. The highest BCUT2D eigenvalue weighted by Gasteiger charge is 2.34. The number of fused-ring (bicyclic) bond motifs is 2. The molecular formula is C22H23Cl2FN4O2. The normalized spacial score (nSPS) is 18.2. The van der Waals surface area contributed by atoms with Crippen LogP contribution in [0.1, 0.15) is 42.1 Å². The topological polar surface area (TPSA) is 71.2 Å². The fourth-order valence-corrected chi connectivity index (χ4v) is 4.94. The van der Waals surface area contributed by atoms with E-state index in [-0.39, 0.29) is 23.5 Å². The third-order valence-corrected chi connectivity index (χ3v) is 6.68. The zero-order chi connectivity index (χ0) is 22.5. The lowest BCUT2D eigenvalue weighted by atomic mass is 9.83. The van der Waals surface area contributed by atoms with Gasteiger partial charge in [0, 0.05) is 19.8 Å². The quantitative estimate of drug-likeness (QED) is 0.629. The van der Waals surface area contributed by atoms with Crippen molar-refractivity contribution in [1.29, 1.82) is 0 Å². The summed E-state index contributed by atoms with van der Waals surface area (Å²) in [6, 6.07) is 5.24. The van der Waals surface area contributed by atoms with Gasteiger partial charge in [0.1, 0.15) is 12.3 Å². The average molecular weight is 465 g/mol. The van der Waals surface area contributed by atoms with E-state index >= 15 is 0 Å². The van der Waals surface area contributed by atoms with Crippen molar-refractivity contribution < 1.29 is 14.3 Å². The van der Waals surface area contributed by atoms with Crippen LogP contribution in [0, 0.1) is 0 Å². The molecule has 0 spiro atoms. The molecule has 0 aliphatic carbocycles. The van der Waals surface area contributed by atoms with Crippen LogP contribution in [-0.4, -0.2) is 43.9 Å². The summed E-state index contributed by atoms with van der Waals surface area (Å²) in [4.78, 5) is 19.4. The first-order chi connectivity index (χ1) is 14.7. The van der Waals surface area contributed by atoms with E-state index in [9.17, 15) is 14.3 Å². The summed E-state index contributed by atoms with van der Waals surface area (Å²) in [5, 5.41) is 15.8. The molecule has 1 aliphatic rings. The number of rotatable bonds is 4. The lowest BCUT2D eigenvalue weighted by Crippen LogP contribution is -2.41. The van der Waals surface area contributed by atoms with Crippen LogP contribution >= 0.6 is 23.2 Å². The van der Waals surface area contributed by atoms with Gasteiger partial charge < -0.3 is 10.0 Å². The molecule has 3 heterocycles. The monoisotopic (exact) mass is 464 g/mol. The molecule has 2 aromatic heterocycles. The average Bonchev–Trinajstić information content (AvgIpc) is 3.03. The van der Waals surface area contributed by atoms with E-state index in [1.807, 2.05) is 13.0 Å². The van der Waals surface area contributed by atoms with E-state index < -0.39 is 12.3 Å². The Kier molecular flexibility index (Phi) is 5.70. The van der Waals surface area contributed by atoms with E-state index in [4.69, 9.17) is 23.2 Å². The van der Waals surface area contributed by atoms with E-state index in [1.54, 1.807) is 28.8 Å². The Hall–Kier alpha value is -2.22. The minimum absolute atomic E-state index is 0.0603. The third kappa shape index (κ3) is 3.69. The number of aliphatic hydroxyl groups is 1. The Bertz CT molecular complexity index is 1180. The number of aromatic nitrogens is 3. The fourth-order valence-electron chi connectivity index (χ4n) is 4.42. The smallest absolute Gasteiger partial charge is 0.227 e.